The summed E-state index contributed by atoms with van der Waals surface area (Å²) >= 11 is 0. The number of carbonyl (C=O) groups is 1. The third kappa shape index (κ3) is 4.51. The van der Waals surface area contributed by atoms with Crippen LogP contribution in [-0.4, -0.2) is 40.2 Å². The van der Waals surface area contributed by atoms with Gasteiger partial charge < -0.3 is 14.4 Å². The summed E-state index contributed by atoms with van der Waals surface area (Å²) in [5, 5.41) is 0. The Labute approximate surface area is 182 Å². The molecule has 0 fully saturated rings. The van der Waals surface area contributed by atoms with Crippen LogP contribution in [0.25, 0.3) is 11.1 Å². The van der Waals surface area contributed by atoms with E-state index in [1.54, 1.807) is 0 Å². The Bertz CT molecular complexity index is 1450. The predicted octanol–water partition coefficient (Wildman–Crippen LogP) is 4.08. The van der Waals surface area contributed by atoms with E-state index >= 15 is 0 Å². The smallest absolute Gasteiger partial charge is 0.491 e. The van der Waals surface area contributed by atoms with Gasteiger partial charge in [0.05, 0.1) is 31.0 Å². The minimum absolute atomic E-state index is 0.111. The number of ether oxygens (including phenoxy) is 2. The van der Waals surface area contributed by atoms with Crippen molar-refractivity contribution in [2.75, 3.05) is 13.1 Å². The molecular weight excluding hydrogens is 399 g/mol. The second kappa shape index (κ2) is 8.02. The van der Waals surface area contributed by atoms with Gasteiger partial charge in [0.1, 0.15) is 23.9 Å². The first kappa shape index (κ1) is 11.5. The number of carbonyl (C=O) groups excluding carboxylic acids is 1. The molecule has 0 spiro atoms. The summed E-state index contributed by atoms with van der Waals surface area (Å²) in [7, 11) is 0. The van der Waals surface area contributed by atoms with Gasteiger partial charge in [-0.15, -0.1) is 13.2 Å². The molecule has 2 aromatic carbocycles. The monoisotopic (exact) mass is 424 g/mol. The van der Waals surface area contributed by atoms with Crippen LogP contribution in [0.5, 0.6) is 11.5 Å². The summed E-state index contributed by atoms with van der Waals surface area (Å²) in [5.41, 5.74) is -0.836. The van der Waals surface area contributed by atoms with Crippen LogP contribution in [0.15, 0.2) is 60.8 Å². The van der Waals surface area contributed by atoms with Crippen molar-refractivity contribution in [3.63, 3.8) is 0 Å². The molecule has 0 aliphatic carbocycles. The predicted molar refractivity (Wildman–Crippen MR) is 101 cm³/mol. The van der Waals surface area contributed by atoms with Gasteiger partial charge in [-0.1, -0.05) is 18.2 Å². The summed E-state index contributed by atoms with van der Waals surface area (Å²) in [6.07, 6.45) is -6.42. The molecule has 0 radical (unpaired) electrons. The minimum Gasteiger partial charge on any atom is -0.491 e. The number of rotatable bonds is 4. The van der Waals surface area contributed by atoms with Crippen LogP contribution in [0.2, 0.25) is 0 Å². The van der Waals surface area contributed by atoms with Gasteiger partial charge in [0.2, 0.25) is 0 Å². The Balaban J connectivity index is 1.80. The summed E-state index contributed by atoms with van der Waals surface area (Å²) in [5.74, 6) is -2.63. The average molecular weight is 424 g/mol. The van der Waals surface area contributed by atoms with E-state index in [0.717, 1.165) is 17.0 Å². The molecule has 154 valence electrons. The number of benzene rings is 2. The number of nitrogens with zero attached hydrogens (tertiary/aromatic N) is 3. The normalized spacial score (nSPS) is 19.9. The van der Waals surface area contributed by atoms with Crippen molar-refractivity contribution in [1.82, 2.24) is 14.9 Å². The van der Waals surface area contributed by atoms with Crippen LogP contribution in [0.3, 0.4) is 0 Å². The summed E-state index contributed by atoms with van der Waals surface area (Å²) in [6.45, 7) is -3.56. The molecule has 0 saturated heterocycles. The molecule has 30 heavy (non-hydrogen) atoms. The van der Waals surface area contributed by atoms with Gasteiger partial charge in [0, 0.05) is 12.3 Å². The highest BCUT2D eigenvalue weighted by molar-refractivity contribution is 5.98. The van der Waals surface area contributed by atoms with Crippen LogP contribution in [0, 0.1) is 0 Å². The summed E-state index contributed by atoms with van der Waals surface area (Å²) < 4.78 is 119. The van der Waals surface area contributed by atoms with Crippen molar-refractivity contribution in [2.45, 2.75) is 12.9 Å². The second-order valence-electron chi connectivity index (χ2n) is 5.86. The third-order valence-electron chi connectivity index (χ3n) is 3.86. The number of fused-ring (bicyclic) bond motifs is 1. The van der Waals surface area contributed by atoms with E-state index in [-0.39, 0.29) is 22.7 Å². The van der Waals surface area contributed by atoms with E-state index in [1.807, 2.05) is 0 Å². The van der Waals surface area contributed by atoms with Crippen molar-refractivity contribution < 1.29 is 39.8 Å². The fourth-order valence-corrected chi connectivity index (χ4v) is 2.59. The fourth-order valence-electron chi connectivity index (χ4n) is 2.59. The van der Waals surface area contributed by atoms with Crippen molar-refractivity contribution in [2.24, 2.45) is 0 Å². The standard InChI is InChI=1S/C21H16F3N3O3/c22-21(23,24)30-16-5-2-14(3-6-16)15-4-7-18-17(12-15)20(28)27(10-11-29-18)13-19-25-8-1-9-26-19/h1-9,12H,10-11,13H2/i1D,2D,3D,5D,6D,8D,9D,11D2. The molecule has 0 N–H and O–H groups in total. The first-order chi connectivity index (χ1) is 18.0. The van der Waals surface area contributed by atoms with E-state index < -0.39 is 85.8 Å². The Hall–Kier alpha value is -3.62. The zero-order chi connectivity index (χ0) is 29.0. The molecule has 9 heteroatoms. The molecule has 1 aliphatic rings. The van der Waals surface area contributed by atoms with Crippen LogP contribution < -0.4 is 9.47 Å². The van der Waals surface area contributed by atoms with Crippen LogP contribution in [0.4, 0.5) is 13.2 Å². The lowest BCUT2D eigenvalue weighted by atomic mass is 10.0. The van der Waals surface area contributed by atoms with Crippen LogP contribution in [-0.2, 0) is 6.54 Å². The largest absolute Gasteiger partial charge is 0.573 e. The lowest BCUT2D eigenvalue weighted by Crippen LogP contribution is -2.32. The lowest BCUT2D eigenvalue weighted by molar-refractivity contribution is -0.274. The molecule has 4 rings (SSSR count). The van der Waals surface area contributed by atoms with E-state index in [1.165, 1.54) is 6.07 Å². The highest BCUT2D eigenvalue weighted by Gasteiger charge is 2.31. The SMILES string of the molecule is [2H]c1nc(CN2CC([2H])([2H])Oc3ccc(-c4c([2H])c([2H])c(OC(F)(F)F)c([2H])c4[2H])cc3C2=O)nc([2H])c1[2H]. The number of halogens is 3. The zero-order valence-corrected chi connectivity index (χ0v) is 14.8. The Kier molecular flexibility index (Phi) is 3.08. The first-order valence-electron chi connectivity index (χ1n) is 12.8. The molecule has 1 aromatic heterocycles. The van der Waals surface area contributed by atoms with Crippen molar-refractivity contribution in [1.29, 1.82) is 0 Å². The highest BCUT2D eigenvalue weighted by atomic mass is 19.4. The maximum atomic E-state index is 13.4. The van der Waals surface area contributed by atoms with Gasteiger partial charge in [-0.25, -0.2) is 9.97 Å². The number of alkyl halides is 3. The minimum atomic E-state index is -5.27. The fraction of sp³-hybridized carbons (Fsp3) is 0.190. The number of aromatic nitrogens is 2. The van der Waals surface area contributed by atoms with Crippen LogP contribution >= 0.6 is 0 Å². The van der Waals surface area contributed by atoms with E-state index in [9.17, 15) is 18.0 Å². The molecule has 0 bridgehead atoms. The number of amides is 1. The molecular formula is C21H16F3N3O3. The maximum Gasteiger partial charge on any atom is 0.573 e. The molecule has 3 aromatic rings. The van der Waals surface area contributed by atoms with Crippen LogP contribution in [0.1, 0.15) is 28.5 Å². The van der Waals surface area contributed by atoms with Crippen molar-refractivity contribution in [3.8, 4) is 22.6 Å². The van der Waals surface area contributed by atoms with Gasteiger partial charge in [-0.3, -0.25) is 4.79 Å². The molecule has 1 amide bonds. The molecule has 0 atom stereocenters. The van der Waals surface area contributed by atoms with Gasteiger partial charge in [-0.05, 0) is 41.4 Å². The van der Waals surface area contributed by atoms with Gasteiger partial charge >= 0.3 is 6.36 Å². The average Bonchev–Trinajstić information content (AvgIpc) is 2.91. The van der Waals surface area contributed by atoms with E-state index in [0.29, 0.717) is 0 Å². The summed E-state index contributed by atoms with van der Waals surface area (Å²) in [6, 6.07) is -1.08. The quantitative estimate of drug-likeness (QED) is 0.632. The van der Waals surface area contributed by atoms with E-state index in [2.05, 4.69) is 14.7 Å². The third-order valence-corrected chi connectivity index (χ3v) is 3.86. The zero-order valence-electron chi connectivity index (χ0n) is 23.8. The van der Waals surface area contributed by atoms with Gasteiger partial charge in [0.15, 0.2) is 0 Å². The Morgan fingerprint density at radius 2 is 1.90 bits per heavy atom. The first-order valence-corrected chi connectivity index (χ1v) is 8.28. The lowest BCUT2D eigenvalue weighted by Gasteiger charge is -2.19. The Morgan fingerprint density at radius 3 is 2.60 bits per heavy atom. The van der Waals surface area contributed by atoms with E-state index in [4.69, 9.17) is 17.1 Å². The topological polar surface area (TPSA) is 64.6 Å². The second-order valence-corrected chi connectivity index (χ2v) is 5.86. The molecule has 0 unspecified atom stereocenters. The summed E-state index contributed by atoms with van der Waals surface area (Å²) in [4.78, 5) is 21.9. The highest BCUT2D eigenvalue weighted by Crippen LogP contribution is 2.31. The molecule has 0 saturated carbocycles. The van der Waals surface area contributed by atoms with Gasteiger partial charge in [-0.2, -0.15) is 0 Å². The van der Waals surface area contributed by atoms with Gasteiger partial charge in [0.25, 0.3) is 5.91 Å². The number of hydrogen-bond donors (Lipinski definition) is 0. The van der Waals surface area contributed by atoms with Crippen molar-refractivity contribution in [3.05, 3.63) is 72.1 Å². The Morgan fingerprint density at radius 1 is 1.17 bits per heavy atom. The molecule has 2 heterocycles. The number of hydrogen-bond acceptors (Lipinski definition) is 5. The maximum absolute atomic E-state index is 13.4. The molecule has 6 nitrogen and oxygen atoms in total. The van der Waals surface area contributed by atoms with Crippen molar-refractivity contribution >= 4 is 5.91 Å². The molecule has 1 aliphatic heterocycles.